The van der Waals surface area contributed by atoms with Gasteiger partial charge in [-0.3, -0.25) is 0 Å². The summed E-state index contributed by atoms with van der Waals surface area (Å²) in [6.45, 7) is 3.82. The van der Waals surface area contributed by atoms with Crippen molar-refractivity contribution < 1.29 is 4.74 Å². The zero-order valence-electron chi connectivity index (χ0n) is 10.2. The van der Waals surface area contributed by atoms with Gasteiger partial charge >= 0.3 is 0 Å². The van der Waals surface area contributed by atoms with E-state index in [2.05, 4.69) is 34.3 Å². The molecule has 90 valence electrons. The molecule has 1 saturated carbocycles. The fourth-order valence-corrected chi connectivity index (χ4v) is 2.38. The van der Waals surface area contributed by atoms with Gasteiger partial charge in [-0.1, -0.05) is 34.9 Å². The highest BCUT2D eigenvalue weighted by Crippen LogP contribution is 2.30. The lowest BCUT2D eigenvalue weighted by atomic mass is 9.85. The van der Waals surface area contributed by atoms with Crippen LogP contribution in [0.5, 0.6) is 0 Å². The molecule has 0 aromatic heterocycles. The predicted octanol–water partition coefficient (Wildman–Crippen LogP) is 4.42. The van der Waals surface area contributed by atoms with Gasteiger partial charge in [0.25, 0.3) is 0 Å². The van der Waals surface area contributed by atoms with Crippen LogP contribution in [0.4, 0.5) is 0 Å². The Kier molecular flexibility index (Phi) is 6.16. The van der Waals surface area contributed by atoms with E-state index in [1.165, 1.54) is 19.3 Å². The van der Waals surface area contributed by atoms with Crippen LogP contribution >= 0.6 is 15.9 Å². The zero-order valence-corrected chi connectivity index (χ0v) is 11.7. The number of hydrogen-bond acceptors (Lipinski definition) is 1. The normalized spacial score (nSPS) is 18.6. The molecule has 1 fully saturated rings. The van der Waals surface area contributed by atoms with Crippen LogP contribution in [-0.4, -0.2) is 12.7 Å². The highest BCUT2D eigenvalue weighted by molar-refractivity contribution is 9.11. The standard InChI is InChI=1S/C14H21BrO/c1-13(15)9-5-3-6-10-14(16-2)11-7-4-8-12-14/h1,3-5,7-9,11-12H2,2H3. The molecule has 16 heavy (non-hydrogen) atoms. The van der Waals surface area contributed by atoms with E-state index < -0.39 is 0 Å². The van der Waals surface area contributed by atoms with Crippen LogP contribution in [0.15, 0.2) is 11.1 Å². The Balaban J connectivity index is 2.37. The van der Waals surface area contributed by atoms with E-state index in [0.29, 0.717) is 0 Å². The lowest BCUT2D eigenvalue weighted by molar-refractivity contribution is 0.0104. The smallest absolute Gasteiger partial charge is 0.128 e. The van der Waals surface area contributed by atoms with Gasteiger partial charge in [0.15, 0.2) is 0 Å². The van der Waals surface area contributed by atoms with Gasteiger partial charge in [0.2, 0.25) is 0 Å². The Bertz CT molecular complexity index is 279. The minimum absolute atomic E-state index is 0.135. The minimum Gasteiger partial charge on any atom is -0.366 e. The molecule has 0 aromatic carbocycles. The Morgan fingerprint density at radius 2 is 2.06 bits per heavy atom. The highest BCUT2D eigenvalue weighted by atomic mass is 79.9. The highest BCUT2D eigenvalue weighted by Gasteiger charge is 2.29. The molecule has 0 spiro atoms. The van der Waals surface area contributed by atoms with Gasteiger partial charge in [0, 0.05) is 13.5 Å². The first kappa shape index (κ1) is 13.8. The van der Waals surface area contributed by atoms with Crippen molar-refractivity contribution in [1.29, 1.82) is 0 Å². The number of methoxy groups -OCH3 is 1. The van der Waals surface area contributed by atoms with Crippen molar-refractivity contribution in [3.63, 3.8) is 0 Å². The molecular formula is C14H21BrO. The minimum atomic E-state index is -0.135. The number of unbranched alkanes of at least 4 members (excludes halogenated alkanes) is 1. The number of ether oxygens (including phenoxy) is 1. The lowest BCUT2D eigenvalue weighted by Gasteiger charge is -2.30. The first-order chi connectivity index (χ1) is 7.68. The maximum absolute atomic E-state index is 5.61. The first-order valence-electron chi connectivity index (χ1n) is 6.07. The fourth-order valence-electron chi connectivity index (χ4n) is 2.10. The molecule has 0 unspecified atom stereocenters. The van der Waals surface area contributed by atoms with Crippen LogP contribution in [0.2, 0.25) is 0 Å². The molecule has 1 nitrogen and oxygen atoms in total. The van der Waals surface area contributed by atoms with E-state index in [1.54, 1.807) is 7.11 Å². The lowest BCUT2D eigenvalue weighted by Crippen LogP contribution is -2.32. The summed E-state index contributed by atoms with van der Waals surface area (Å²) in [6, 6.07) is 0. The molecule has 1 rings (SSSR count). The topological polar surface area (TPSA) is 9.23 Å². The van der Waals surface area contributed by atoms with Gasteiger partial charge < -0.3 is 4.74 Å². The van der Waals surface area contributed by atoms with Crippen LogP contribution in [0.3, 0.4) is 0 Å². The third-order valence-corrected chi connectivity index (χ3v) is 3.51. The SMILES string of the molecule is C=C(Br)CCCC#CC1(OC)CCCCC1. The van der Waals surface area contributed by atoms with E-state index in [1.807, 2.05) is 0 Å². The summed E-state index contributed by atoms with van der Waals surface area (Å²) in [7, 11) is 1.79. The Hall–Kier alpha value is -0.260. The zero-order chi connectivity index (χ0) is 11.9. The van der Waals surface area contributed by atoms with Gasteiger partial charge in [-0.05, 0) is 43.0 Å². The second kappa shape index (κ2) is 7.14. The molecule has 0 amide bonds. The summed E-state index contributed by atoms with van der Waals surface area (Å²) in [5.74, 6) is 6.61. The average Bonchev–Trinajstić information content (AvgIpc) is 2.29. The molecule has 0 aromatic rings. The summed E-state index contributed by atoms with van der Waals surface area (Å²) < 4.78 is 6.67. The molecule has 0 saturated heterocycles. The van der Waals surface area contributed by atoms with Gasteiger partial charge in [-0.15, -0.1) is 5.92 Å². The van der Waals surface area contributed by atoms with Crippen LogP contribution in [0.1, 0.15) is 51.4 Å². The second-order valence-corrected chi connectivity index (χ2v) is 5.55. The van der Waals surface area contributed by atoms with Gasteiger partial charge in [-0.2, -0.15) is 0 Å². The van der Waals surface area contributed by atoms with E-state index in [0.717, 1.165) is 36.6 Å². The summed E-state index contributed by atoms with van der Waals surface area (Å²) in [4.78, 5) is 0. The molecule has 0 aliphatic heterocycles. The number of halogens is 1. The molecule has 0 radical (unpaired) electrons. The molecule has 0 heterocycles. The maximum atomic E-state index is 5.61. The van der Waals surface area contributed by atoms with Crippen LogP contribution in [0, 0.1) is 11.8 Å². The fraction of sp³-hybridized carbons (Fsp3) is 0.714. The summed E-state index contributed by atoms with van der Waals surface area (Å²) >= 11 is 3.36. The number of hydrogen-bond donors (Lipinski definition) is 0. The van der Waals surface area contributed by atoms with Gasteiger partial charge in [0.1, 0.15) is 5.60 Å². The molecule has 1 aliphatic rings. The predicted molar refractivity (Wildman–Crippen MR) is 72.5 cm³/mol. The molecule has 0 atom stereocenters. The number of rotatable bonds is 4. The monoisotopic (exact) mass is 284 g/mol. The van der Waals surface area contributed by atoms with Gasteiger partial charge in [-0.25, -0.2) is 0 Å². The molecule has 1 aliphatic carbocycles. The van der Waals surface area contributed by atoms with Crippen molar-refractivity contribution in [2.75, 3.05) is 7.11 Å². The Morgan fingerprint density at radius 3 is 2.62 bits per heavy atom. The van der Waals surface area contributed by atoms with E-state index in [-0.39, 0.29) is 5.60 Å². The van der Waals surface area contributed by atoms with E-state index >= 15 is 0 Å². The van der Waals surface area contributed by atoms with Crippen LogP contribution < -0.4 is 0 Å². The average molecular weight is 285 g/mol. The van der Waals surface area contributed by atoms with Crippen LogP contribution in [0.25, 0.3) is 0 Å². The molecule has 0 N–H and O–H groups in total. The quantitative estimate of drug-likeness (QED) is 0.549. The summed E-state index contributed by atoms with van der Waals surface area (Å²) in [5, 5.41) is 0. The maximum Gasteiger partial charge on any atom is 0.128 e. The molecule has 0 bridgehead atoms. The molecular weight excluding hydrogens is 264 g/mol. The van der Waals surface area contributed by atoms with Crippen molar-refractivity contribution in [2.45, 2.75) is 57.0 Å². The van der Waals surface area contributed by atoms with Gasteiger partial charge in [0.05, 0.1) is 0 Å². The van der Waals surface area contributed by atoms with Crippen molar-refractivity contribution >= 4 is 15.9 Å². The van der Waals surface area contributed by atoms with Crippen LogP contribution in [-0.2, 0) is 4.74 Å². The van der Waals surface area contributed by atoms with Crippen molar-refractivity contribution in [3.8, 4) is 11.8 Å². The van der Waals surface area contributed by atoms with E-state index in [9.17, 15) is 0 Å². The number of allylic oxidation sites excluding steroid dienone is 1. The summed E-state index contributed by atoms with van der Waals surface area (Å²) in [5.41, 5.74) is -0.135. The Morgan fingerprint density at radius 1 is 1.38 bits per heavy atom. The Labute approximate surface area is 108 Å². The third kappa shape index (κ3) is 4.72. The van der Waals surface area contributed by atoms with Crippen molar-refractivity contribution in [1.82, 2.24) is 0 Å². The largest absolute Gasteiger partial charge is 0.366 e. The van der Waals surface area contributed by atoms with E-state index in [4.69, 9.17) is 4.74 Å². The third-order valence-electron chi connectivity index (χ3n) is 3.12. The van der Waals surface area contributed by atoms with Crippen molar-refractivity contribution in [2.24, 2.45) is 0 Å². The second-order valence-electron chi connectivity index (χ2n) is 4.43. The summed E-state index contributed by atoms with van der Waals surface area (Å²) in [6.07, 6.45) is 9.06. The van der Waals surface area contributed by atoms with Crippen molar-refractivity contribution in [3.05, 3.63) is 11.1 Å². The molecule has 2 heteroatoms. The first-order valence-corrected chi connectivity index (χ1v) is 6.86.